The lowest BCUT2D eigenvalue weighted by Gasteiger charge is -2.49. The summed E-state index contributed by atoms with van der Waals surface area (Å²) in [6, 6.07) is 81.4. The quantitative estimate of drug-likeness (QED) is 0.154. The van der Waals surface area contributed by atoms with E-state index in [0.29, 0.717) is 5.92 Å². The van der Waals surface area contributed by atoms with Crippen molar-refractivity contribution in [3.05, 3.63) is 251 Å². The molecule has 1 fully saturated rings. The molecule has 3 nitrogen and oxygen atoms in total. The summed E-state index contributed by atoms with van der Waals surface area (Å²) in [5, 5.41) is 0. The molecule has 0 radical (unpaired) electrons. The van der Waals surface area contributed by atoms with Gasteiger partial charge >= 0.3 is 0 Å². The van der Waals surface area contributed by atoms with Crippen molar-refractivity contribution in [2.24, 2.45) is 0 Å². The third kappa shape index (κ3) is 7.15. The van der Waals surface area contributed by atoms with Crippen LogP contribution in [-0.2, 0) is 16.2 Å². The van der Waals surface area contributed by atoms with E-state index in [1.54, 1.807) is 0 Å². The van der Waals surface area contributed by atoms with Crippen molar-refractivity contribution in [2.75, 3.05) is 14.7 Å². The van der Waals surface area contributed by atoms with Crippen LogP contribution in [0.25, 0.3) is 0 Å². The zero-order valence-corrected chi connectivity index (χ0v) is 43.2. The Morgan fingerprint density at radius 2 is 0.918 bits per heavy atom. The van der Waals surface area contributed by atoms with Gasteiger partial charge in [-0.25, -0.2) is 0 Å². The smallest absolute Gasteiger partial charge is 0.252 e. The van der Waals surface area contributed by atoms with Gasteiger partial charge in [-0.05, 0) is 146 Å². The second-order valence-electron chi connectivity index (χ2n) is 23.1. The normalized spacial score (nSPS) is 15.8. The third-order valence-electron chi connectivity index (χ3n) is 16.8. The van der Waals surface area contributed by atoms with Crippen molar-refractivity contribution in [1.82, 2.24) is 0 Å². The Kier molecular flexibility index (Phi) is 10.7. The Morgan fingerprint density at radius 1 is 0.397 bits per heavy atom. The molecular formula is C69H64BN3. The SMILES string of the molecule is CC(C)(C)c1ccc2c(c1)B1c3cc(C(C)(C)C)cc(N4c5ccccc5C(c5ccccc5)(c5ccccc5)c5cc(C6CCCCC6)ccc54)c3N(c3ccccc3)c3cccc(c31)N2c1ccccc1. The first kappa shape index (κ1) is 45.3. The van der Waals surface area contributed by atoms with Gasteiger partial charge in [-0.15, -0.1) is 0 Å². The zero-order valence-electron chi connectivity index (χ0n) is 43.2. The number of para-hydroxylation sites is 3. The van der Waals surface area contributed by atoms with E-state index in [4.69, 9.17) is 0 Å². The Labute approximate surface area is 433 Å². The van der Waals surface area contributed by atoms with Crippen LogP contribution in [0.4, 0.5) is 51.2 Å². The zero-order chi connectivity index (χ0) is 49.6. The summed E-state index contributed by atoms with van der Waals surface area (Å²) in [7, 11) is 0. The number of hydrogen-bond donors (Lipinski definition) is 0. The van der Waals surface area contributed by atoms with Crippen LogP contribution < -0.4 is 31.1 Å². The Balaban J connectivity index is 1.17. The van der Waals surface area contributed by atoms with Crippen molar-refractivity contribution >= 4 is 74.3 Å². The van der Waals surface area contributed by atoms with Crippen molar-refractivity contribution in [2.45, 2.75) is 95.8 Å². The van der Waals surface area contributed by atoms with Crippen molar-refractivity contribution in [3.8, 4) is 0 Å². The fourth-order valence-electron chi connectivity index (χ4n) is 13.2. The molecule has 358 valence electrons. The summed E-state index contributed by atoms with van der Waals surface area (Å²) < 4.78 is 0. The average Bonchev–Trinajstić information content (AvgIpc) is 3.42. The highest BCUT2D eigenvalue weighted by molar-refractivity contribution is 7.00. The van der Waals surface area contributed by atoms with Gasteiger partial charge in [0.25, 0.3) is 6.71 Å². The maximum Gasteiger partial charge on any atom is 0.252 e. The van der Waals surface area contributed by atoms with Gasteiger partial charge in [0.2, 0.25) is 0 Å². The molecule has 0 saturated heterocycles. The number of hydrogen-bond acceptors (Lipinski definition) is 3. The summed E-state index contributed by atoms with van der Waals surface area (Å²) in [5.74, 6) is 0.532. The van der Waals surface area contributed by atoms with Gasteiger partial charge in [0.15, 0.2) is 0 Å². The van der Waals surface area contributed by atoms with Crippen LogP contribution in [0.1, 0.15) is 119 Å². The summed E-state index contributed by atoms with van der Waals surface area (Å²) in [5.41, 5.74) is 23.3. The van der Waals surface area contributed by atoms with Crippen molar-refractivity contribution < 1.29 is 0 Å². The maximum atomic E-state index is 2.68. The Morgan fingerprint density at radius 3 is 1.55 bits per heavy atom. The summed E-state index contributed by atoms with van der Waals surface area (Å²) in [6.45, 7) is 14.2. The van der Waals surface area contributed by atoms with Crippen LogP contribution in [0.15, 0.2) is 212 Å². The molecule has 9 aromatic rings. The molecule has 13 rings (SSSR count). The summed E-state index contributed by atoms with van der Waals surface area (Å²) in [6.07, 6.45) is 6.37. The lowest BCUT2D eigenvalue weighted by molar-refractivity contribution is 0.443. The van der Waals surface area contributed by atoms with Gasteiger partial charge in [0.05, 0.1) is 28.2 Å². The molecule has 0 amide bonds. The highest BCUT2D eigenvalue weighted by atomic mass is 15.2. The number of benzene rings is 9. The standard InChI is InChI=1S/C69H64BN3/c1-67(2,3)51-40-42-61-57(44-51)70-58-45-52(68(4,5)6)46-64(66(58)72(54-33-20-11-21-34-54)63-38-24-37-62(65(63)70)71(61)53-31-18-10-19-32-53)73-59-36-23-22-35-55(59)69(49-27-14-8-15-28-49,50-29-16-9-17-30-50)56-43-48(39-41-60(56)73)47-25-12-7-13-26-47/h8-11,14-24,27-47H,7,12-13,25-26H2,1-6H3. The average molecular weight is 946 g/mol. The molecule has 0 spiro atoms. The molecule has 4 aliphatic rings. The molecule has 1 saturated carbocycles. The molecule has 9 aromatic carbocycles. The minimum absolute atomic E-state index is 0.0552. The van der Waals surface area contributed by atoms with E-state index in [1.165, 1.54) is 127 Å². The van der Waals surface area contributed by atoms with Crippen LogP contribution in [0.2, 0.25) is 0 Å². The minimum atomic E-state index is -0.593. The minimum Gasteiger partial charge on any atom is -0.311 e. The van der Waals surface area contributed by atoms with Crippen LogP contribution in [0.3, 0.4) is 0 Å². The molecule has 0 aromatic heterocycles. The summed E-state index contributed by atoms with van der Waals surface area (Å²) >= 11 is 0. The van der Waals surface area contributed by atoms with Crippen LogP contribution in [0, 0.1) is 0 Å². The second-order valence-corrected chi connectivity index (χ2v) is 23.1. The van der Waals surface area contributed by atoms with Gasteiger partial charge in [0, 0.05) is 28.4 Å². The van der Waals surface area contributed by atoms with Crippen LogP contribution in [-0.4, -0.2) is 6.71 Å². The molecule has 4 heteroatoms. The Hall–Kier alpha value is -7.56. The highest BCUT2D eigenvalue weighted by Crippen LogP contribution is 2.60. The van der Waals surface area contributed by atoms with E-state index in [1.807, 2.05) is 0 Å². The number of anilines is 9. The predicted octanol–water partition coefficient (Wildman–Crippen LogP) is 16.6. The van der Waals surface area contributed by atoms with Gasteiger partial charge < -0.3 is 14.7 Å². The summed E-state index contributed by atoms with van der Waals surface area (Å²) in [4.78, 5) is 7.82. The molecule has 0 N–H and O–H groups in total. The number of nitrogens with zero attached hydrogens (tertiary/aromatic N) is 3. The van der Waals surface area contributed by atoms with Crippen molar-refractivity contribution in [1.29, 1.82) is 0 Å². The van der Waals surface area contributed by atoms with E-state index in [0.717, 1.165) is 11.4 Å². The second kappa shape index (κ2) is 17.3. The van der Waals surface area contributed by atoms with Gasteiger partial charge in [-0.3, -0.25) is 0 Å². The molecule has 0 unspecified atom stereocenters. The molecule has 3 aliphatic heterocycles. The molecule has 1 aliphatic carbocycles. The number of fused-ring (bicyclic) bond motifs is 6. The van der Waals surface area contributed by atoms with Gasteiger partial charge in [-0.2, -0.15) is 0 Å². The van der Waals surface area contributed by atoms with E-state index in [2.05, 4.69) is 269 Å². The van der Waals surface area contributed by atoms with E-state index >= 15 is 0 Å². The fourth-order valence-corrected chi connectivity index (χ4v) is 13.2. The first-order valence-corrected chi connectivity index (χ1v) is 26.8. The molecule has 73 heavy (non-hydrogen) atoms. The maximum absolute atomic E-state index is 2.68. The Bertz CT molecular complexity index is 3490. The van der Waals surface area contributed by atoms with E-state index in [9.17, 15) is 0 Å². The lowest BCUT2D eigenvalue weighted by Crippen LogP contribution is -2.62. The van der Waals surface area contributed by atoms with Crippen molar-refractivity contribution in [3.63, 3.8) is 0 Å². The predicted molar refractivity (Wildman–Crippen MR) is 310 cm³/mol. The molecular weight excluding hydrogens is 882 g/mol. The van der Waals surface area contributed by atoms with Crippen LogP contribution >= 0.6 is 0 Å². The van der Waals surface area contributed by atoms with Gasteiger partial charge in [-0.1, -0.05) is 212 Å². The van der Waals surface area contributed by atoms with Crippen LogP contribution in [0.5, 0.6) is 0 Å². The first-order valence-electron chi connectivity index (χ1n) is 26.8. The largest absolute Gasteiger partial charge is 0.311 e. The van der Waals surface area contributed by atoms with Gasteiger partial charge in [0.1, 0.15) is 0 Å². The first-order chi connectivity index (χ1) is 35.5. The lowest BCUT2D eigenvalue weighted by atomic mass is 9.33. The topological polar surface area (TPSA) is 9.72 Å². The third-order valence-corrected chi connectivity index (χ3v) is 16.8. The molecule has 3 heterocycles. The van der Waals surface area contributed by atoms with E-state index in [-0.39, 0.29) is 17.5 Å². The fraction of sp³-hybridized carbons (Fsp3) is 0.217. The number of rotatable bonds is 6. The highest BCUT2D eigenvalue weighted by Gasteiger charge is 2.50. The van der Waals surface area contributed by atoms with E-state index < -0.39 is 5.41 Å². The molecule has 0 bridgehead atoms. The molecule has 0 atom stereocenters. The monoisotopic (exact) mass is 946 g/mol.